The molecule has 2 unspecified atom stereocenters. The van der Waals surface area contributed by atoms with Gasteiger partial charge in [0.05, 0.1) is 0 Å². The van der Waals surface area contributed by atoms with Crippen LogP contribution in [0.1, 0.15) is 11.5 Å². The average Bonchev–Trinajstić information content (AvgIpc) is 3.83. The normalized spacial score (nSPS) is 15.6. The van der Waals surface area contributed by atoms with E-state index in [2.05, 4.69) is 205 Å². The van der Waals surface area contributed by atoms with E-state index in [1.807, 2.05) is 0 Å². The van der Waals surface area contributed by atoms with E-state index in [4.69, 9.17) is 9.15 Å². The summed E-state index contributed by atoms with van der Waals surface area (Å²) >= 11 is 0. The number of anilines is 3. The number of benzene rings is 8. The molecule has 0 radical (unpaired) electrons. The van der Waals surface area contributed by atoms with Gasteiger partial charge in [-0.2, -0.15) is 0 Å². The fourth-order valence-corrected chi connectivity index (χ4v) is 8.59. The molecule has 2 heterocycles. The highest BCUT2D eigenvalue weighted by atomic mass is 16.5. The molecule has 1 aliphatic heterocycles. The van der Waals surface area contributed by atoms with Gasteiger partial charge in [0, 0.05) is 50.8 Å². The Bertz CT molecular complexity index is 2860. The lowest BCUT2D eigenvalue weighted by Gasteiger charge is -2.26. The average molecular weight is 706 g/mol. The van der Waals surface area contributed by atoms with Crippen molar-refractivity contribution in [3.63, 3.8) is 0 Å². The predicted octanol–water partition coefficient (Wildman–Crippen LogP) is 14.2. The number of nitrogens with zero attached hydrogens (tertiary/aromatic N) is 1. The summed E-state index contributed by atoms with van der Waals surface area (Å²) in [6.07, 6.45) is 8.68. The first-order chi connectivity index (χ1) is 27.3. The summed E-state index contributed by atoms with van der Waals surface area (Å²) in [6.45, 7) is 0. The Balaban J connectivity index is 1.06. The molecular weight excluding hydrogens is 671 g/mol. The van der Waals surface area contributed by atoms with Crippen LogP contribution in [0, 0.1) is 0 Å². The molecule has 55 heavy (non-hydrogen) atoms. The smallest absolute Gasteiger partial charge is 0.143 e. The van der Waals surface area contributed by atoms with Gasteiger partial charge in [-0.05, 0) is 93.4 Å². The molecule has 3 nitrogen and oxygen atoms in total. The van der Waals surface area contributed by atoms with Crippen molar-refractivity contribution < 1.29 is 9.15 Å². The van der Waals surface area contributed by atoms with E-state index in [0.717, 1.165) is 50.1 Å². The van der Waals surface area contributed by atoms with Crippen LogP contribution in [0.25, 0.3) is 66.1 Å². The molecule has 0 bridgehead atoms. The Morgan fingerprint density at radius 2 is 1.02 bits per heavy atom. The quantitative estimate of drug-likeness (QED) is 0.172. The zero-order chi connectivity index (χ0) is 36.3. The van der Waals surface area contributed by atoms with Crippen LogP contribution in [0.4, 0.5) is 17.1 Å². The number of ether oxygens (including phenoxy) is 1. The van der Waals surface area contributed by atoms with Crippen LogP contribution in [0.3, 0.4) is 0 Å². The van der Waals surface area contributed by atoms with E-state index in [-0.39, 0.29) is 12.0 Å². The van der Waals surface area contributed by atoms with Crippen LogP contribution in [0.2, 0.25) is 0 Å². The van der Waals surface area contributed by atoms with Gasteiger partial charge in [0.15, 0.2) is 0 Å². The van der Waals surface area contributed by atoms with E-state index >= 15 is 0 Å². The first-order valence-electron chi connectivity index (χ1n) is 18.9. The molecule has 2 atom stereocenters. The number of allylic oxidation sites excluding steroid dienone is 2. The third-order valence-corrected chi connectivity index (χ3v) is 11.2. The largest absolute Gasteiger partial charge is 0.485 e. The van der Waals surface area contributed by atoms with E-state index < -0.39 is 0 Å². The Hall–Kier alpha value is -7.10. The van der Waals surface area contributed by atoms with Gasteiger partial charge in [-0.25, -0.2) is 0 Å². The third kappa shape index (κ3) is 5.27. The zero-order valence-electron chi connectivity index (χ0n) is 30.0. The van der Waals surface area contributed by atoms with Crippen molar-refractivity contribution in [1.82, 2.24) is 0 Å². The Kier molecular flexibility index (Phi) is 7.31. The van der Waals surface area contributed by atoms with Crippen molar-refractivity contribution in [2.24, 2.45) is 0 Å². The maximum Gasteiger partial charge on any atom is 0.143 e. The Morgan fingerprint density at radius 1 is 0.418 bits per heavy atom. The van der Waals surface area contributed by atoms with E-state index in [9.17, 15) is 0 Å². The molecule has 0 saturated heterocycles. The fourth-order valence-electron chi connectivity index (χ4n) is 8.59. The summed E-state index contributed by atoms with van der Waals surface area (Å²) in [4.78, 5) is 2.32. The number of hydrogen-bond acceptors (Lipinski definition) is 3. The third-order valence-electron chi connectivity index (χ3n) is 11.2. The molecule has 11 rings (SSSR count). The minimum absolute atomic E-state index is 0.0244. The van der Waals surface area contributed by atoms with Crippen molar-refractivity contribution in [3.8, 4) is 39.1 Å². The summed E-state index contributed by atoms with van der Waals surface area (Å²) in [6, 6.07) is 62.8. The summed E-state index contributed by atoms with van der Waals surface area (Å²) in [7, 11) is 0. The first kappa shape index (κ1) is 31.4. The first-order valence-corrected chi connectivity index (χ1v) is 18.9. The van der Waals surface area contributed by atoms with Crippen molar-refractivity contribution in [2.45, 2.75) is 12.0 Å². The van der Waals surface area contributed by atoms with Crippen molar-refractivity contribution in [1.29, 1.82) is 0 Å². The van der Waals surface area contributed by atoms with Crippen LogP contribution in [-0.2, 0) is 0 Å². The highest BCUT2D eigenvalue weighted by Gasteiger charge is 2.34. The maximum atomic E-state index is 6.88. The van der Waals surface area contributed by atoms with Crippen molar-refractivity contribution in [2.75, 3.05) is 4.90 Å². The summed E-state index contributed by atoms with van der Waals surface area (Å²) in [5.74, 6) is 1.15. The van der Waals surface area contributed by atoms with Crippen molar-refractivity contribution in [3.05, 3.63) is 206 Å². The van der Waals surface area contributed by atoms with E-state index in [0.29, 0.717) is 0 Å². The Morgan fingerprint density at radius 3 is 1.71 bits per heavy atom. The number of fused-ring (bicyclic) bond motifs is 8. The second kappa shape index (κ2) is 12.8. The van der Waals surface area contributed by atoms with E-state index in [1.165, 1.54) is 44.3 Å². The topological polar surface area (TPSA) is 25.6 Å². The molecule has 3 heteroatoms. The van der Waals surface area contributed by atoms with Crippen LogP contribution in [0.5, 0.6) is 5.75 Å². The van der Waals surface area contributed by atoms with E-state index in [1.54, 1.807) is 0 Å². The lowest BCUT2D eigenvalue weighted by Crippen LogP contribution is -2.15. The van der Waals surface area contributed by atoms with Gasteiger partial charge in [-0.1, -0.05) is 140 Å². The van der Waals surface area contributed by atoms with Crippen LogP contribution in [-0.4, -0.2) is 6.10 Å². The molecule has 0 fully saturated rings. The van der Waals surface area contributed by atoms with Gasteiger partial charge >= 0.3 is 0 Å². The maximum absolute atomic E-state index is 6.88. The second-order valence-corrected chi connectivity index (χ2v) is 14.4. The monoisotopic (exact) mass is 705 g/mol. The fraction of sp³-hybridized carbons (Fsp3) is 0.0385. The minimum Gasteiger partial charge on any atom is -0.485 e. The molecule has 0 spiro atoms. The zero-order valence-corrected chi connectivity index (χ0v) is 30.0. The number of furan rings is 1. The molecule has 1 aromatic heterocycles. The van der Waals surface area contributed by atoms with Crippen molar-refractivity contribution >= 4 is 49.8 Å². The predicted molar refractivity (Wildman–Crippen MR) is 228 cm³/mol. The minimum atomic E-state index is 0.0244. The van der Waals surface area contributed by atoms with Crippen LogP contribution in [0.15, 0.2) is 205 Å². The van der Waals surface area contributed by atoms with Gasteiger partial charge in [0.25, 0.3) is 0 Å². The molecule has 9 aromatic rings. The summed E-state index contributed by atoms with van der Waals surface area (Å²) in [5, 5.41) is 4.46. The van der Waals surface area contributed by atoms with Crippen LogP contribution < -0.4 is 9.64 Å². The molecule has 0 N–H and O–H groups in total. The highest BCUT2D eigenvalue weighted by Crippen LogP contribution is 2.49. The Labute approximate surface area is 319 Å². The van der Waals surface area contributed by atoms with Crippen LogP contribution >= 0.6 is 0 Å². The van der Waals surface area contributed by atoms with Gasteiger partial charge in [0.2, 0.25) is 0 Å². The van der Waals surface area contributed by atoms with Gasteiger partial charge in [-0.3, -0.25) is 0 Å². The molecule has 8 aromatic carbocycles. The highest BCUT2D eigenvalue weighted by molar-refractivity contribution is 6.19. The van der Waals surface area contributed by atoms with Gasteiger partial charge < -0.3 is 14.1 Å². The SMILES string of the molecule is C1=CC2Oc3cccc(-c4cc5c6ccc(N(c7ccc(-c8ccccc8)cc7)c7ccc(-c8ccccc8)cc7)cc6oc5c5ccccc45)c3C2C=C1. The van der Waals surface area contributed by atoms with Gasteiger partial charge in [0.1, 0.15) is 23.0 Å². The standard InChI is InChI=1S/C52H35NO2/c1-3-12-34(13-4-1)36-22-26-38(27-23-36)53(39-28-24-37(25-29-39)35-14-5-2-6-15-35)40-30-31-42-47-33-46(41-16-7-8-17-44(41)52(47)55-50(42)32-40)43-19-11-21-49-51(43)45-18-9-10-20-48(45)54-49/h1-33,45,48H. The molecule has 2 aliphatic rings. The molecular formula is C52H35NO2. The number of rotatable bonds is 6. The molecule has 260 valence electrons. The lowest BCUT2D eigenvalue weighted by atomic mass is 9.85. The molecule has 1 aliphatic carbocycles. The summed E-state index contributed by atoms with van der Waals surface area (Å²) < 4.78 is 13.3. The lowest BCUT2D eigenvalue weighted by molar-refractivity contribution is 0.269. The molecule has 0 saturated carbocycles. The molecule has 0 amide bonds. The summed E-state index contributed by atoms with van der Waals surface area (Å²) in [5.41, 5.74) is 13.3. The number of hydrogen-bond donors (Lipinski definition) is 0. The second-order valence-electron chi connectivity index (χ2n) is 14.4. The van der Waals surface area contributed by atoms with Gasteiger partial charge in [-0.15, -0.1) is 0 Å².